The van der Waals surface area contributed by atoms with Crippen LogP contribution in [0.15, 0.2) is 30.3 Å². The minimum Gasteiger partial charge on any atom is -0.390 e. The Hall–Kier alpha value is -3.55. The predicted octanol–water partition coefficient (Wildman–Crippen LogP) is 2.63. The van der Waals surface area contributed by atoms with Crippen molar-refractivity contribution < 1.29 is 34.2 Å². The Balaban J connectivity index is 2.22. The number of rotatable bonds is 19. The summed E-state index contributed by atoms with van der Waals surface area (Å²) in [4.78, 5) is 70.8. The van der Waals surface area contributed by atoms with Crippen molar-refractivity contribution in [3.05, 3.63) is 35.9 Å². The minimum absolute atomic E-state index is 0.00173. The van der Waals surface area contributed by atoms with Gasteiger partial charge in [-0.15, -0.1) is 0 Å². The molecule has 0 bridgehead atoms. The van der Waals surface area contributed by atoms with Crippen molar-refractivity contribution >= 4 is 29.5 Å². The Kier molecular flexibility index (Phi) is 18.1. The van der Waals surface area contributed by atoms with Crippen LogP contribution in [-0.2, 0) is 30.4 Å². The van der Waals surface area contributed by atoms with E-state index in [0.717, 1.165) is 5.56 Å². The summed E-state index contributed by atoms with van der Waals surface area (Å²) in [5.74, 6) is -3.26. The number of hydrogen-bond donors (Lipinski definition) is 6. The third kappa shape index (κ3) is 13.0. The average molecular weight is 759 g/mol. The van der Waals surface area contributed by atoms with Gasteiger partial charge in [-0.05, 0) is 64.0 Å². The fourth-order valence-corrected chi connectivity index (χ4v) is 7.33. The van der Waals surface area contributed by atoms with Crippen molar-refractivity contribution in [2.75, 3.05) is 20.6 Å². The first-order valence-electron chi connectivity index (χ1n) is 19.7. The van der Waals surface area contributed by atoms with Crippen LogP contribution in [0.1, 0.15) is 100 Å². The summed E-state index contributed by atoms with van der Waals surface area (Å²) in [6, 6.07) is 5.74. The lowest BCUT2D eigenvalue weighted by Gasteiger charge is -2.39. The Morgan fingerprint density at radius 2 is 1.48 bits per heavy atom. The second-order valence-electron chi connectivity index (χ2n) is 16.9. The highest BCUT2D eigenvalue weighted by Crippen LogP contribution is 2.28. The van der Waals surface area contributed by atoms with Crippen LogP contribution in [0.25, 0.3) is 0 Å². The number of likely N-dealkylation sites (tertiary alicyclic amines) is 1. The summed E-state index contributed by atoms with van der Waals surface area (Å²) < 4.78 is 0. The molecule has 2 rings (SSSR count). The van der Waals surface area contributed by atoms with E-state index in [1.807, 2.05) is 92.6 Å². The molecule has 13 nitrogen and oxygen atoms in total. The normalized spacial score (nSPS) is 19.3. The summed E-state index contributed by atoms with van der Waals surface area (Å²) in [5, 5.41) is 34.9. The fourth-order valence-electron chi connectivity index (χ4n) is 7.33. The van der Waals surface area contributed by atoms with Crippen molar-refractivity contribution in [1.29, 1.82) is 0 Å². The molecule has 1 saturated heterocycles. The lowest BCUT2D eigenvalue weighted by atomic mass is 9.89. The number of aliphatic hydroxyl groups excluding tert-OH is 2. The summed E-state index contributed by atoms with van der Waals surface area (Å²) >= 11 is 0. The lowest BCUT2D eigenvalue weighted by molar-refractivity contribution is -0.146. The second kappa shape index (κ2) is 20.9. The molecule has 0 unspecified atom stereocenters. The molecule has 13 heteroatoms. The highest BCUT2D eigenvalue weighted by molar-refractivity contribution is 5.91. The van der Waals surface area contributed by atoms with Crippen LogP contribution >= 0.6 is 0 Å². The zero-order valence-electron chi connectivity index (χ0n) is 34.8. The van der Waals surface area contributed by atoms with E-state index in [0.29, 0.717) is 25.8 Å². The van der Waals surface area contributed by atoms with Crippen molar-refractivity contribution in [3.63, 3.8) is 0 Å². The predicted molar refractivity (Wildman–Crippen MR) is 211 cm³/mol. The first-order chi connectivity index (χ1) is 25.1. The van der Waals surface area contributed by atoms with E-state index in [9.17, 15) is 34.2 Å². The Morgan fingerprint density at radius 1 is 0.889 bits per heavy atom. The van der Waals surface area contributed by atoms with Crippen LogP contribution in [0.3, 0.4) is 0 Å². The average Bonchev–Trinajstić information content (AvgIpc) is 3.59. The third-order valence-electron chi connectivity index (χ3n) is 10.6. The monoisotopic (exact) mass is 759 g/mol. The van der Waals surface area contributed by atoms with Crippen LogP contribution in [-0.4, -0.2) is 118 Å². The molecule has 0 aliphatic carbocycles. The van der Waals surface area contributed by atoms with E-state index in [4.69, 9.17) is 0 Å². The molecule has 0 saturated carbocycles. The highest BCUT2D eigenvalue weighted by atomic mass is 16.3. The minimum atomic E-state index is -1.23. The van der Waals surface area contributed by atoms with E-state index < -0.39 is 59.8 Å². The lowest BCUT2D eigenvalue weighted by Crippen LogP contribution is -2.59. The smallest absolute Gasteiger partial charge is 0.245 e. The van der Waals surface area contributed by atoms with Gasteiger partial charge in [0.05, 0.1) is 42.7 Å². The summed E-state index contributed by atoms with van der Waals surface area (Å²) in [6.45, 7) is 18.9. The first kappa shape index (κ1) is 46.6. The van der Waals surface area contributed by atoms with Crippen LogP contribution < -0.4 is 21.3 Å². The molecule has 9 atom stereocenters. The fraction of sp³-hybridized carbons (Fsp3) is 0.732. The van der Waals surface area contributed by atoms with Crippen LogP contribution in [0, 0.1) is 23.7 Å². The molecule has 6 N–H and O–H groups in total. The number of nitrogens with zero attached hydrogens (tertiary/aromatic N) is 2. The number of carbonyl (C=O) groups is 5. The van der Waals surface area contributed by atoms with Gasteiger partial charge in [-0.3, -0.25) is 24.0 Å². The van der Waals surface area contributed by atoms with Gasteiger partial charge >= 0.3 is 0 Å². The maximum Gasteiger partial charge on any atom is 0.245 e. The number of amides is 5. The summed E-state index contributed by atoms with van der Waals surface area (Å²) in [7, 11) is 3.30. The van der Waals surface area contributed by atoms with E-state index in [1.165, 1.54) is 9.80 Å². The largest absolute Gasteiger partial charge is 0.390 e. The molecule has 1 aromatic carbocycles. The zero-order valence-corrected chi connectivity index (χ0v) is 34.8. The van der Waals surface area contributed by atoms with Gasteiger partial charge in [0.25, 0.3) is 0 Å². The molecule has 0 spiro atoms. The van der Waals surface area contributed by atoms with Crippen molar-refractivity contribution in [1.82, 2.24) is 31.1 Å². The number of aliphatic hydroxyl groups is 2. The molecule has 0 aromatic heterocycles. The number of benzene rings is 1. The van der Waals surface area contributed by atoms with Crippen LogP contribution in [0.4, 0.5) is 0 Å². The quantitative estimate of drug-likeness (QED) is 0.125. The van der Waals surface area contributed by atoms with Crippen molar-refractivity contribution in [2.24, 2.45) is 23.7 Å². The van der Waals surface area contributed by atoms with Gasteiger partial charge in [0.15, 0.2) is 0 Å². The topological polar surface area (TPSA) is 180 Å². The van der Waals surface area contributed by atoms with Crippen molar-refractivity contribution in [2.45, 2.75) is 149 Å². The van der Waals surface area contributed by atoms with Gasteiger partial charge in [0, 0.05) is 25.6 Å². The molecular formula is C41H70N6O7. The molecule has 1 aliphatic heterocycles. The van der Waals surface area contributed by atoms with Gasteiger partial charge in [0.2, 0.25) is 29.5 Å². The Bertz CT molecular complexity index is 1380. The first-order valence-corrected chi connectivity index (χ1v) is 19.7. The summed E-state index contributed by atoms with van der Waals surface area (Å²) in [5.41, 5.74) is 0.343. The van der Waals surface area contributed by atoms with Crippen LogP contribution in [0.2, 0.25) is 0 Å². The number of carbonyl (C=O) groups excluding carboxylic acids is 5. The molecular weight excluding hydrogens is 688 g/mol. The van der Waals surface area contributed by atoms with Gasteiger partial charge in [-0.1, -0.05) is 85.2 Å². The maximum atomic E-state index is 14.0. The molecule has 0 radical (unpaired) electrons. The van der Waals surface area contributed by atoms with E-state index in [2.05, 4.69) is 21.3 Å². The van der Waals surface area contributed by atoms with Gasteiger partial charge in [-0.25, -0.2) is 0 Å². The molecule has 1 aliphatic rings. The van der Waals surface area contributed by atoms with Gasteiger partial charge in [-0.2, -0.15) is 0 Å². The molecule has 306 valence electrons. The molecule has 1 heterocycles. The van der Waals surface area contributed by atoms with Gasteiger partial charge < -0.3 is 41.3 Å². The maximum absolute atomic E-state index is 14.0. The molecule has 5 amide bonds. The standard InChI is InChI=1S/C41H70N6O7/c1-13-26(6)35(46(12)40(54)34(25(4)5)44-39(53)33(42-11)24(2)3)31(48)23-32(49)47-21-17-20-30(47)36(50)27(7)37(51)43-29(38(52)45-41(8,9)10)22-28-18-15-14-16-19-28/h14-16,18-19,24-27,29-31,33-36,42,48,50H,13,17,20-23H2,1-12H3,(H,43,51)(H,44,53)(H,45,52)/t26-,27+,29-,30-,31+,33-,34-,35-,36+/m0/s1. The second-order valence-corrected chi connectivity index (χ2v) is 16.9. The Labute approximate surface area is 323 Å². The van der Waals surface area contributed by atoms with Crippen LogP contribution in [0.5, 0.6) is 0 Å². The SMILES string of the molecule is CC[C@H](C)[C@@H]([C@H](O)CC(=O)N1CCC[C@H]1[C@H](O)[C@@H](C)C(=O)N[C@@H](Cc1ccccc1)C(=O)NC(C)(C)C)N(C)C(=O)[C@@H](NC(=O)[C@@H](NC)C(C)C)C(C)C. The van der Waals surface area contributed by atoms with E-state index in [1.54, 1.807) is 21.0 Å². The zero-order chi connectivity index (χ0) is 41.1. The molecule has 1 aromatic rings. The van der Waals surface area contributed by atoms with Gasteiger partial charge in [0.1, 0.15) is 12.1 Å². The number of likely N-dealkylation sites (N-methyl/N-ethyl adjacent to an activating group) is 2. The number of nitrogens with one attached hydrogen (secondary N) is 4. The third-order valence-corrected chi connectivity index (χ3v) is 10.6. The molecule has 1 fully saturated rings. The van der Waals surface area contributed by atoms with Crippen molar-refractivity contribution in [3.8, 4) is 0 Å². The number of hydrogen-bond acceptors (Lipinski definition) is 8. The van der Waals surface area contributed by atoms with E-state index >= 15 is 0 Å². The highest BCUT2D eigenvalue weighted by Gasteiger charge is 2.42. The summed E-state index contributed by atoms with van der Waals surface area (Å²) in [6.07, 6.45) is -0.801. The van der Waals surface area contributed by atoms with E-state index in [-0.39, 0.29) is 54.2 Å². The Morgan fingerprint density at radius 3 is 2.00 bits per heavy atom. The molecule has 54 heavy (non-hydrogen) atoms.